The van der Waals surface area contributed by atoms with Crippen molar-refractivity contribution in [3.63, 3.8) is 0 Å². The van der Waals surface area contributed by atoms with Gasteiger partial charge < -0.3 is 10.5 Å². The Morgan fingerprint density at radius 1 is 1.60 bits per heavy atom. The number of nitrogen functional groups attached to an aromatic ring is 1. The fraction of sp³-hybridized carbons (Fsp3) is 0.222. The average Bonchev–Trinajstić information content (AvgIpc) is 2.15. The molecule has 6 heteroatoms. The summed E-state index contributed by atoms with van der Waals surface area (Å²) in [5, 5.41) is 0. The van der Waals surface area contributed by atoms with Gasteiger partial charge in [0.25, 0.3) is 0 Å². The van der Waals surface area contributed by atoms with Gasteiger partial charge in [-0.1, -0.05) is 5.46 Å². The van der Waals surface area contributed by atoms with Crippen LogP contribution in [-0.4, -0.2) is 20.4 Å². The van der Waals surface area contributed by atoms with Crippen molar-refractivity contribution in [1.82, 2.24) is 0 Å². The van der Waals surface area contributed by atoms with Crippen molar-refractivity contribution in [2.75, 3.05) is 12.3 Å². The highest BCUT2D eigenvalue weighted by atomic mass is 19.1. The second kappa shape index (κ2) is 4.29. The van der Waals surface area contributed by atoms with E-state index in [0.717, 1.165) is 0 Å². The van der Waals surface area contributed by atoms with Crippen LogP contribution in [0.4, 0.5) is 14.5 Å². The lowest BCUT2D eigenvalue weighted by molar-refractivity contribution is 0.0522. The minimum atomic E-state index is -1.01. The Balaban J connectivity index is 3.29. The average molecular weight is 211 g/mol. The molecule has 3 nitrogen and oxygen atoms in total. The van der Waals surface area contributed by atoms with Crippen molar-refractivity contribution in [2.45, 2.75) is 6.92 Å². The van der Waals surface area contributed by atoms with Gasteiger partial charge in [0.05, 0.1) is 12.3 Å². The monoisotopic (exact) mass is 211 g/mol. The summed E-state index contributed by atoms with van der Waals surface area (Å²) in [6, 6.07) is 0.692. The second-order valence-corrected chi connectivity index (χ2v) is 2.77. The molecule has 2 radical (unpaired) electrons. The van der Waals surface area contributed by atoms with E-state index in [1.807, 2.05) is 0 Å². The summed E-state index contributed by atoms with van der Waals surface area (Å²) >= 11 is 0. The van der Waals surface area contributed by atoms with Gasteiger partial charge in [0.2, 0.25) is 0 Å². The Kier molecular flexibility index (Phi) is 3.29. The first-order chi connectivity index (χ1) is 6.99. The molecule has 1 aromatic carbocycles. The van der Waals surface area contributed by atoms with E-state index in [2.05, 4.69) is 4.74 Å². The van der Waals surface area contributed by atoms with Crippen LogP contribution in [0.25, 0.3) is 0 Å². The van der Waals surface area contributed by atoms with Gasteiger partial charge in [0, 0.05) is 0 Å². The molecule has 0 saturated heterocycles. The highest BCUT2D eigenvalue weighted by Gasteiger charge is 2.21. The van der Waals surface area contributed by atoms with Crippen LogP contribution < -0.4 is 11.2 Å². The Hall–Kier alpha value is -1.59. The molecule has 0 saturated carbocycles. The molecule has 1 aromatic rings. The maximum Gasteiger partial charge on any atom is 0.343 e. The summed E-state index contributed by atoms with van der Waals surface area (Å²) in [4.78, 5) is 11.2. The number of rotatable bonds is 2. The van der Waals surface area contributed by atoms with Gasteiger partial charge in [-0.3, -0.25) is 0 Å². The number of hydrogen-bond donors (Lipinski definition) is 1. The van der Waals surface area contributed by atoms with Gasteiger partial charge in [-0.25, -0.2) is 13.6 Å². The first-order valence-corrected chi connectivity index (χ1v) is 4.19. The number of benzene rings is 1. The topological polar surface area (TPSA) is 52.3 Å². The van der Waals surface area contributed by atoms with Crippen LogP contribution in [-0.2, 0) is 4.74 Å². The quantitative estimate of drug-likeness (QED) is 0.440. The molecule has 78 valence electrons. The van der Waals surface area contributed by atoms with Gasteiger partial charge in [-0.2, -0.15) is 0 Å². The third-order valence-electron chi connectivity index (χ3n) is 1.76. The first-order valence-electron chi connectivity index (χ1n) is 4.19. The molecule has 0 bridgehead atoms. The maximum atomic E-state index is 13.2. The molecule has 2 N–H and O–H groups in total. The van der Waals surface area contributed by atoms with E-state index in [9.17, 15) is 13.6 Å². The number of carbonyl (C=O) groups is 1. The minimum absolute atomic E-state index is 0.0453. The number of ether oxygens (including phenoxy) is 1. The predicted octanol–water partition coefficient (Wildman–Crippen LogP) is 0.518. The summed E-state index contributed by atoms with van der Waals surface area (Å²) in [7, 11) is 5.12. The van der Waals surface area contributed by atoms with Crippen LogP contribution in [0.15, 0.2) is 6.07 Å². The summed E-state index contributed by atoms with van der Waals surface area (Å²) in [5.41, 5.74) is 3.52. The minimum Gasteiger partial charge on any atom is -0.462 e. The molecule has 0 spiro atoms. The molecule has 0 atom stereocenters. The van der Waals surface area contributed by atoms with E-state index >= 15 is 0 Å². The highest BCUT2D eigenvalue weighted by Crippen LogP contribution is 2.18. The van der Waals surface area contributed by atoms with Gasteiger partial charge >= 0.3 is 5.97 Å². The fourth-order valence-corrected chi connectivity index (χ4v) is 1.08. The molecule has 0 heterocycles. The molecule has 0 amide bonds. The molecular formula is C9H8BF2NO2. The second-order valence-electron chi connectivity index (χ2n) is 2.77. The summed E-state index contributed by atoms with van der Waals surface area (Å²) in [6.07, 6.45) is 0. The van der Waals surface area contributed by atoms with E-state index < -0.39 is 34.3 Å². The predicted molar refractivity (Wildman–Crippen MR) is 52.1 cm³/mol. The Bertz CT molecular complexity index is 410. The summed E-state index contributed by atoms with van der Waals surface area (Å²) in [5.74, 6) is -3.02. The van der Waals surface area contributed by atoms with Crippen LogP contribution in [0.2, 0.25) is 0 Å². The number of halogens is 2. The van der Waals surface area contributed by atoms with E-state index in [1.54, 1.807) is 6.92 Å². The summed E-state index contributed by atoms with van der Waals surface area (Å²) in [6.45, 7) is 1.59. The van der Waals surface area contributed by atoms with Gasteiger partial charge in [-0.15, -0.1) is 0 Å². The highest BCUT2D eigenvalue weighted by molar-refractivity contribution is 6.33. The smallest absolute Gasteiger partial charge is 0.343 e. The largest absolute Gasteiger partial charge is 0.462 e. The zero-order valence-corrected chi connectivity index (χ0v) is 8.01. The number of carbonyl (C=O) groups excluding carboxylic acids is 1. The lowest BCUT2D eigenvalue weighted by atomic mass is 9.93. The number of anilines is 1. The number of nitrogens with two attached hydrogens (primary N) is 1. The number of hydrogen-bond acceptors (Lipinski definition) is 3. The van der Waals surface area contributed by atoms with Crippen LogP contribution >= 0.6 is 0 Å². The lowest BCUT2D eigenvalue weighted by Gasteiger charge is -2.09. The van der Waals surface area contributed by atoms with Crippen LogP contribution in [0.5, 0.6) is 0 Å². The Morgan fingerprint density at radius 3 is 2.73 bits per heavy atom. The molecule has 1 rings (SSSR count). The van der Waals surface area contributed by atoms with Gasteiger partial charge in [-0.05, 0) is 13.0 Å². The molecule has 15 heavy (non-hydrogen) atoms. The van der Waals surface area contributed by atoms with Crippen molar-refractivity contribution in [3.8, 4) is 0 Å². The molecule has 0 unspecified atom stereocenters. The van der Waals surface area contributed by atoms with Crippen LogP contribution in [0.1, 0.15) is 17.3 Å². The van der Waals surface area contributed by atoms with Crippen molar-refractivity contribution >= 4 is 25.0 Å². The summed E-state index contributed by atoms with van der Waals surface area (Å²) < 4.78 is 30.9. The Labute approximate surface area is 86.6 Å². The molecule has 0 aromatic heterocycles. The molecule has 0 aliphatic carbocycles. The van der Waals surface area contributed by atoms with Crippen molar-refractivity contribution in [3.05, 3.63) is 23.3 Å². The van der Waals surface area contributed by atoms with E-state index in [1.165, 1.54) is 0 Å². The molecular weight excluding hydrogens is 203 g/mol. The van der Waals surface area contributed by atoms with Crippen molar-refractivity contribution in [2.24, 2.45) is 0 Å². The standard InChI is InChI=1S/C9H8BF2NO2/c1-2-15-9(14)6-5(11)3-4(10)7(12)8(6)13/h3H,2,13H2,1H3. The molecule has 0 aliphatic rings. The number of esters is 1. The normalized spacial score (nSPS) is 10.1. The van der Waals surface area contributed by atoms with E-state index in [4.69, 9.17) is 13.6 Å². The van der Waals surface area contributed by atoms with Crippen molar-refractivity contribution < 1.29 is 18.3 Å². The van der Waals surface area contributed by atoms with Crippen LogP contribution in [0, 0.1) is 11.6 Å². The first kappa shape index (κ1) is 11.5. The third-order valence-corrected chi connectivity index (χ3v) is 1.76. The Morgan fingerprint density at radius 2 is 2.20 bits per heavy atom. The zero-order chi connectivity index (χ0) is 11.6. The third kappa shape index (κ3) is 2.08. The van der Waals surface area contributed by atoms with Gasteiger partial charge in [0.15, 0.2) is 0 Å². The van der Waals surface area contributed by atoms with Crippen molar-refractivity contribution in [1.29, 1.82) is 0 Å². The maximum absolute atomic E-state index is 13.2. The van der Waals surface area contributed by atoms with E-state index in [0.29, 0.717) is 6.07 Å². The van der Waals surface area contributed by atoms with Crippen LogP contribution in [0.3, 0.4) is 0 Å². The zero-order valence-electron chi connectivity index (χ0n) is 8.01. The fourth-order valence-electron chi connectivity index (χ4n) is 1.08. The lowest BCUT2D eigenvalue weighted by Crippen LogP contribution is -2.19. The molecule has 0 aliphatic heterocycles. The SMILES string of the molecule is [B]c1cc(F)c(C(=O)OCC)c(N)c1F. The van der Waals surface area contributed by atoms with Gasteiger partial charge in [0.1, 0.15) is 25.0 Å². The molecule has 0 fully saturated rings. The van der Waals surface area contributed by atoms with E-state index in [-0.39, 0.29) is 6.61 Å².